The van der Waals surface area contributed by atoms with Gasteiger partial charge < -0.3 is 0 Å². The molecule has 0 N–H and O–H groups in total. The fraction of sp³-hybridized carbons (Fsp3) is 0.500. The van der Waals surface area contributed by atoms with Crippen molar-refractivity contribution in [2.75, 3.05) is 13.1 Å². The molecule has 0 radical (unpaired) electrons. The van der Waals surface area contributed by atoms with Crippen LogP contribution in [0.25, 0.3) is 0 Å². The van der Waals surface area contributed by atoms with Crippen molar-refractivity contribution in [3.63, 3.8) is 0 Å². The second-order valence-electron chi connectivity index (χ2n) is 3.49. The average molecular weight is 203 g/mol. The Morgan fingerprint density at radius 2 is 2.13 bits per heavy atom. The molecule has 1 atom stereocenters. The predicted octanol–water partition coefficient (Wildman–Crippen LogP) is 2.30. The van der Waals surface area contributed by atoms with E-state index in [-0.39, 0.29) is 6.04 Å². The Balaban J connectivity index is 3.03. The third-order valence-electron chi connectivity index (χ3n) is 2.67. The smallest absolute Gasteiger partial charge is 0.125 e. The summed E-state index contributed by atoms with van der Waals surface area (Å²) in [6.45, 7) is 7.91. The van der Waals surface area contributed by atoms with E-state index in [4.69, 9.17) is 0 Å². The molecule has 0 aliphatic carbocycles. The van der Waals surface area contributed by atoms with Crippen molar-refractivity contribution < 1.29 is 0 Å². The molecule has 1 rings (SSSR count). The zero-order valence-corrected chi connectivity index (χ0v) is 9.57. The van der Waals surface area contributed by atoms with Crippen LogP contribution in [0, 0.1) is 18.3 Å². The highest BCUT2D eigenvalue weighted by Gasteiger charge is 2.18. The first-order chi connectivity index (χ1) is 7.24. The molecule has 1 heterocycles. The van der Waals surface area contributed by atoms with E-state index < -0.39 is 0 Å². The lowest BCUT2D eigenvalue weighted by atomic mass is 10.0. The van der Waals surface area contributed by atoms with Gasteiger partial charge in [0, 0.05) is 18.0 Å². The Kier molecular flexibility index (Phi) is 4.26. The van der Waals surface area contributed by atoms with E-state index in [0.717, 1.165) is 24.2 Å². The number of hydrogen-bond donors (Lipinski definition) is 0. The van der Waals surface area contributed by atoms with E-state index in [1.165, 1.54) is 0 Å². The van der Waals surface area contributed by atoms with Crippen molar-refractivity contribution in [3.05, 3.63) is 29.6 Å². The van der Waals surface area contributed by atoms with E-state index in [1.807, 2.05) is 13.0 Å². The van der Waals surface area contributed by atoms with Gasteiger partial charge in [0.1, 0.15) is 6.04 Å². The van der Waals surface area contributed by atoms with E-state index in [0.29, 0.717) is 0 Å². The molecule has 1 aromatic heterocycles. The first kappa shape index (κ1) is 11.7. The number of nitrogens with zero attached hydrogens (tertiary/aromatic N) is 3. The summed E-state index contributed by atoms with van der Waals surface area (Å²) in [6.07, 6.45) is 3.55. The quantitative estimate of drug-likeness (QED) is 0.753. The summed E-state index contributed by atoms with van der Waals surface area (Å²) < 4.78 is 0. The number of nitriles is 1. The number of aromatic nitrogens is 1. The fourth-order valence-electron chi connectivity index (χ4n) is 1.70. The second kappa shape index (κ2) is 5.47. The Morgan fingerprint density at radius 3 is 2.60 bits per heavy atom. The number of pyridine rings is 1. The zero-order chi connectivity index (χ0) is 11.3. The van der Waals surface area contributed by atoms with Gasteiger partial charge in [0.2, 0.25) is 0 Å². The van der Waals surface area contributed by atoms with Crippen molar-refractivity contribution in [2.24, 2.45) is 0 Å². The van der Waals surface area contributed by atoms with Crippen molar-refractivity contribution in [3.8, 4) is 6.07 Å². The first-order valence-electron chi connectivity index (χ1n) is 5.28. The average Bonchev–Trinajstić information content (AvgIpc) is 2.27. The van der Waals surface area contributed by atoms with E-state index in [1.54, 1.807) is 12.4 Å². The molecule has 3 nitrogen and oxygen atoms in total. The summed E-state index contributed by atoms with van der Waals surface area (Å²) in [7, 11) is 0. The van der Waals surface area contributed by atoms with Gasteiger partial charge in [0.05, 0.1) is 6.07 Å². The van der Waals surface area contributed by atoms with Crippen molar-refractivity contribution in [2.45, 2.75) is 26.8 Å². The normalized spacial score (nSPS) is 12.5. The van der Waals surface area contributed by atoms with Gasteiger partial charge in [-0.1, -0.05) is 13.8 Å². The standard InChI is InChI=1S/C12H17N3/c1-4-15(5-2)12(8-13)11-9-14-7-6-10(11)3/h6-7,9,12H,4-5H2,1-3H3. The van der Waals surface area contributed by atoms with Gasteiger partial charge in [0.25, 0.3) is 0 Å². The molecule has 80 valence electrons. The van der Waals surface area contributed by atoms with Crippen LogP contribution >= 0.6 is 0 Å². The molecule has 0 aliphatic heterocycles. The summed E-state index contributed by atoms with van der Waals surface area (Å²) in [6, 6.07) is 4.12. The summed E-state index contributed by atoms with van der Waals surface area (Å²) in [4.78, 5) is 6.22. The van der Waals surface area contributed by atoms with E-state index in [9.17, 15) is 5.26 Å². The highest BCUT2D eigenvalue weighted by molar-refractivity contribution is 5.29. The summed E-state index contributed by atoms with van der Waals surface area (Å²) in [5, 5.41) is 9.22. The molecule has 0 bridgehead atoms. The van der Waals surface area contributed by atoms with Crippen LogP contribution in [0.5, 0.6) is 0 Å². The van der Waals surface area contributed by atoms with Gasteiger partial charge in [-0.3, -0.25) is 9.88 Å². The summed E-state index contributed by atoms with van der Waals surface area (Å²) >= 11 is 0. The van der Waals surface area contributed by atoms with Crippen molar-refractivity contribution >= 4 is 0 Å². The SMILES string of the molecule is CCN(CC)C(C#N)c1cnccc1C. The maximum Gasteiger partial charge on any atom is 0.125 e. The fourth-order valence-corrected chi connectivity index (χ4v) is 1.70. The third-order valence-corrected chi connectivity index (χ3v) is 2.67. The minimum Gasteiger partial charge on any atom is -0.285 e. The highest BCUT2D eigenvalue weighted by atomic mass is 15.1. The molecule has 0 spiro atoms. The molecular formula is C12H17N3. The molecule has 15 heavy (non-hydrogen) atoms. The maximum absolute atomic E-state index is 9.22. The molecule has 0 saturated heterocycles. The summed E-state index contributed by atoms with van der Waals surface area (Å²) in [5.41, 5.74) is 2.15. The maximum atomic E-state index is 9.22. The Bertz CT molecular complexity index is 350. The number of hydrogen-bond acceptors (Lipinski definition) is 3. The summed E-state index contributed by atoms with van der Waals surface area (Å²) in [5.74, 6) is 0. The Hall–Kier alpha value is -1.40. The van der Waals surface area contributed by atoms with Crippen LogP contribution in [0.2, 0.25) is 0 Å². The zero-order valence-electron chi connectivity index (χ0n) is 9.57. The van der Waals surface area contributed by atoms with E-state index >= 15 is 0 Å². The molecule has 0 aliphatic rings. The van der Waals surface area contributed by atoms with Gasteiger partial charge in [-0.25, -0.2) is 0 Å². The lowest BCUT2D eigenvalue weighted by Crippen LogP contribution is -2.28. The molecule has 0 fully saturated rings. The minimum atomic E-state index is -0.173. The lowest BCUT2D eigenvalue weighted by molar-refractivity contribution is 0.261. The minimum absolute atomic E-state index is 0.173. The molecule has 0 amide bonds. The first-order valence-corrected chi connectivity index (χ1v) is 5.28. The van der Waals surface area contributed by atoms with Gasteiger partial charge >= 0.3 is 0 Å². The van der Waals surface area contributed by atoms with Gasteiger partial charge in [-0.05, 0) is 31.6 Å². The van der Waals surface area contributed by atoms with Crippen LogP contribution in [-0.4, -0.2) is 23.0 Å². The molecule has 0 saturated carbocycles. The largest absolute Gasteiger partial charge is 0.285 e. The molecular weight excluding hydrogens is 186 g/mol. The Morgan fingerprint density at radius 1 is 1.47 bits per heavy atom. The van der Waals surface area contributed by atoms with Gasteiger partial charge in [-0.2, -0.15) is 5.26 Å². The molecule has 1 aromatic rings. The topological polar surface area (TPSA) is 39.9 Å². The molecule has 1 unspecified atom stereocenters. The molecule has 0 aromatic carbocycles. The van der Waals surface area contributed by atoms with Gasteiger partial charge in [0.15, 0.2) is 0 Å². The van der Waals surface area contributed by atoms with Crippen LogP contribution in [-0.2, 0) is 0 Å². The second-order valence-corrected chi connectivity index (χ2v) is 3.49. The number of rotatable bonds is 4. The van der Waals surface area contributed by atoms with Crippen LogP contribution < -0.4 is 0 Å². The highest BCUT2D eigenvalue weighted by Crippen LogP contribution is 2.21. The van der Waals surface area contributed by atoms with Crippen LogP contribution in [0.4, 0.5) is 0 Å². The van der Waals surface area contributed by atoms with Crippen molar-refractivity contribution in [1.82, 2.24) is 9.88 Å². The lowest BCUT2D eigenvalue weighted by Gasteiger charge is -2.24. The third kappa shape index (κ3) is 2.54. The Labute approximate surface area is 91.4 Å². The van der Waals surface area contributed by atoms with Crippen molar-refractivity contribution in [1.29, 1.82) is 5.26 Å². The molecule has 3 heteroatoms. The number of aryl methyl sites for hydroxylation is 1. The van der Waals surface area contributed by atoms with Crippen LogP contribution in [0.1, 0.15) is 31.0 Å². The van der Waals surface area contributed by atoms with E-state index in [2.05, 4.69) is 29.8 Å². The van der Waals surface area contributed by atoms with Crippen LogP contribution in [0.15, 0.2) is 18.5 Å². The predicted molar refractivity (Wildman–Crippen MR) is 60.2 cm³/mol. The van der Waals surface area contributed by atoms with Gasteiger partial charge in [-0.15, -0.1) is 0 Å². The van der Waals surface area contributed by atoms with Crippen LogP contribution in [0.3, 0.4) is 0 Å². The monoisotopic (exact) mass is 203 g/mol.